The molecule has 5 aromatic rings. The second kappa shape index (κ2) is 7.99. The minimum atomic E-state index is 0.696. The molecule has 1 aromatic heterocycles. The second-order valence-corrected chi connectivity index (χ2v) is 8.28. The molecule has 0 aliphatic heterocycles. The molecule has 0 unspecified atom stereocenters. The van der Waals surface area contributed by atoms with Crippen molar-refractivity contribution in [2.24, 2.45) is 0 Å². The quantitative estimate of drug-likeness (QED) is 0.149. The van der Waals surface area contributed by atoms with Crippen LogP contribution in [0.5, 0.6) is 0 Å². The summed E-state index contributed by atoms with van der Waals surface area (Å²) < 4.78 is 0. The van der Waals surface area contributed by atoms with Crippen molar-refractivity contribution in [3.05, 3.63) is 78.4 Å². The van der Waals surface area contributed by atoms with Crippen molar-refractivity contribution in [3.63, 3.8) is 0 Å². The summed E-state index contributed by atoms with van der Waals surface area (Å²) in [6.07, 6.45) is 2.75. The van der Waals surface area contributed by atoms with Gasteiger partial charge in [-0.05, 0) is 29.2 Å². The van der Waals surface area contributed by atoms with Crippen molar-refractivity contribution >= 4 is 49.2 Å². The Balaban J connectivity index is 1.73. The van der Waals surface area contributed by atoms with Gasteiger partial charge in [0.1, 0.15) is 0 Å². The summed E-state index contributed by atoms with van der Waals surface area (Å²) in [5, 5.41) is 15.4. The number of hydrogen-bond acceptors (Lipinski definition) is 2. The maximum absolute atomic E-state index is 8.09. The van der Waals surface area contributed by atoms with Gasteiger partial charge in [0.2, 0.25) is 0 Å². The molecule has 0 amide bonds. The summed E-state index contributed by atoms with van der Waals surface area (Å²) in [6.45, 7) is 2.93. The molecule has 5 rings (SSSR count). The highest BCUT2D eigenvalue weighted by Gasteiger charge is 2.14. The third-order valence-electron chi connectivity index (χ3n) is 6.39. The largest absolute Gasteiger partial charge is 0.364 e. The van der Waals surface area contributed by atoms with E-state index in [2.05, 4.69) is 77.7 Å². The first kappa shape index (κ1) is 19.5. The van der Waals surface area contributed by atoms with E-state index in [1.807, 2.05) is 14.0 Å². The molecule has 0 saturated carbocycles. The van der Waals surface area contributed by atoms with E-state index < -0.39 is 0 Å². The molecule has 3 nitrogen and oxygen atoms in total. The van der Waals surface area contributed by atoms with Gasteiger partial charge in [-0.15, -0.1) is 0 Å². The highest BCUT2D eigenvalue weighted by Crippen LogP contribution is 2.34. The molecule has 31 heavy (non-hydrogen) atoms. The first-order chi connectivity index (χ1) is 15.2. The Hall–Kier alpha value is -3.46. The lowest BCUT2D eigenvalue weighted by atomic mass is 9.94. The van der Waals surface area contributed by atoms with Crippen molar-refractivity contribution < 1.29 is 0 Å². The molecule has 3 heteroatoms. The molecule has 0 bridgehead atoms. The zero-order valence-electron chi connectivity index (χ0n) is 18.2. The third-order valence-corrected chi connectivity index (χ3v) is 6.39. The lowest BCUT2D eigenvalue weighted by molar-refractivity contribution is 0.477. The van der Waals surface area contributed by atoms with Gasteiger partial charge in [0, 0.05) is 41.6 Å². The van der Waals surface area contributed by atoms with Gasteiger partial charge in [-0.25, -0.2) is 4.98 Å². The Morgan fingerprint density at radius 3 is 1.87 bits per heavy atom. The van der Waals surface area contributed by atoms with Crippen LogP contribution < -0.4 is 0 Å². The van der Waals surface area contributed by atoms with Gasteiger partial charge in [-0.3, -0.25) is 5.41 Å². The summed E-state index contributed by atoms with van der Waals surface area (Å²) >= 11 is 0. The fraction of sp³-hybridized carbons (Fsp3) is 0.214. The maximum Gasteiger partial charge on any atom is 0.0952 e. The zero-order valence-corrected chi connectivity index (χ0v) is 18.2. The fourth-order valence-corrected chi connectivity index (χ4v) is 4.66. The Morgan fingerprint density at radius 2 is 1.32 bits per heavy atom. The van der Waals surface area contributed by atoms with Crippen LogP contribution in [0.15, 0.2) is 72.8 Å². The Morgan fingerprint density at radius 1 is 0.774 bits per heavy atom. The number of pyridine rings is 1. The second-order valence-electron chi connectivity index (χ2n) is 8.28. The lowest BCUT2D eigenvalue weighted by Gasteiger charge is -2.20. The van der Waals surface area contributed by atoms with Crippen LogP contribution in [0.2, 0.25) is 0 Å². The molecular weight excluding hydrogens is 378 g/mol. The minimum Gasteiger partial charge on any atom is -0.364 e. The molecule has 1 heterocycles. The normalized spacial score (nSPS) is 11.5. The molecule has 0 aliphatic carbocycles. The Bertz CT molecular complexity index is 1340. The molecule has 0 fully saturated rings. The average Bonchev–Trinajstić information content (AvgIpc) is 2.82. The van der Waals surface area contributed by atoms with Crippen molar-refractivity contribution in [1.29, 1.82) is 5.41 Å². The van der Waals surface area contributed by atoms with Crippen LogP contribution in [0.25, 0.3) is 43.4 Å². The van der Waals surface area contributed by atoms with E-state index in [0.717, 1.165) is 36.8 Å². The molecule has 154 valence electrons. The van der Waals surface area contributed by atoms with Crippen LogP contribution in [0, 0.1) is 5.41 Å². The zero-order chi connectivity index (χ0) is 21.4. The number of rotatable bonds is 5. The van der Waals surface area contributed by atoms with Crippen molar-refractivity contribution in [2.75, 3.05) is 13.6 Å². The average molecular weight is 406 g/mol. The highest BCUT2D eigenvalue weighted by atomic mass is 15.1. The number of benzene rings is 4. The van der Waals surface area contributed by atoms with Gasteiger partial charge in [-0.2, -0.15) is 0 Å². The van der Waals surface area contributed by atoms with Crippen LogP contribution >= 0.6 is 0 Å². The van der Waals surface area contributed by atoms with Gasteiger partial charge in [-0.1, -0.05) is 79.7 Å². The lowest BCUT2D eigenvalue weighted by Crippen LogP contribution is -2.26. The number of amidine groups is 1. The number of nitrogens with one attached hydrogen (secondary N) is 1. The van der Waals surface area contributed by atoms with E-state index in [4.69, 9.17) is 10.4 Å². The standard InChI is InChI=1S/C28H27N3/c1-3-26(29)31(2)18-8-13-23-24-16-14-19-9-4-6-11-21(19)27(24)30-28-22-12-7-5-10-20(22)15-17-25(23)28/h4-7,9-12,14-17,29H,3,8,13,18H2,1-2H3. The van der Waals surface area contributed by atoms with Gasteiger partial charge in [0.15, 0.2) is 0 Å². The number of aromatic nitrogens is 1. The van der Waals surface area contributed by atoms with Crippen LogP contribution in [-0.2, 0) is 6.42 Å². The molecule has 0 saturated heterocycles. The topological polar surface area (TPSA) is 40.0 Å². The van der Waals surface area contributed by atoms with Gasteiger partial charge in [0.05, 0.1) is 16.9 Å². The minimum absolute atomic E-state index is 0.696. The van der Waals surface area contributed by atoms with Crippen molar-refractivity contribution in [1.82, 2.24) is 9.88 Å². The summed E-state index contributed by atoms with van der Waals surface area (Å²) in [5.41, 5.74) is 3.55. The van der Waals surface area contributed by atoms with Gasteiger partial charge >= 0.3 is 0 Å². The van der Waals surface area contributed by atoms with Crippen LogP contribution in [-0.4, -0.2) is 29.3 Å². The maximum atomic E-state index is 8.09. The van der Waals surface area contributed by atoms with Crippen LogP contribution in [0.4, 0.5) is 0 Å². The number of aryl methyl sites for hydroxylation is 1. The van der Waals surface area contributed by atoms with Crippen molar-refractivity contribution in [2.45, 2.75) is 26.2 Å². The van der Waals surface area contributed by atoms with E-state index in [1.54, 1.807) is 0 Å². The van der Waals surface area contributed by atoms with E-state index in [0.29, 0.717) is 5.84 Å². The van der Waals surface area contributed by atoms with E-state index in [9.17, 15) is 0 Å². The molecule has 0 atom stereocenters. The predicted molar refractivity (Wildman–Crippen MR) is 133 cm³/mol. The first-order valence-corrected chi connectivity index (χ1v) is 11.1. The summed E-state index contributed by atoms with van der Waals surface area (Å²) in [5.74, 6) is 0.696. The SMILES string of the molecule is CCC(=N)N(C)CCCc1c2ccc3ccccc3c2nc2c1ccc1ccccc12. The van der Waals surface area contributed by atoms with Crippen LogP contribution in [0.1, 0.15) is 25.3 Å². The summed E-state index contributed by atoms with van der Waals surface area (Å²) in [6, 6.07) is 26.0. The molecule has 0 radical (unpaired) electrons. The highest BCUT2D eigenvalue weighted by molar-refractivity contribution is 6.15. The Labute approximate surface area is 182 Å². The molecule has 4 aromatic carbocycles. The monoisotopic (exact) mass is 405 g/mol. The fourth-order valence-electron chi connectivity index (χ4n) is 4.66. The third kappa shape index (κ3) is 3.40. The number of fused-ring (bicyclic) bond motifs is 6. The van der Waals surface area contributed by atoms with Crippen molar-refractivity contribution in [3.8, 4) is 0 Å². The van der Waals surface area contributed by atoms with E-state index in [1.165, 1.54) is 37.9 Å². The first-order valence-electron chi connectivity index (χ1n) is 11.1. The van der Waals surface area contributed by atoms with E-state index >= 15 is 0 Å². The van der Waals surface area contributed by atoms with Gasteiger partial charge in [0.25, 0.3) is 0 Å². The smallest absolute Gasteiger partial charge is 0.0952 e. The van der Waals surface area contributed by atoms with Gasteiger partial charge < -0.3 is 4.90 Å². The molecule has 0 aliphatic rings. The number of hydrogen-bond donors (Lipinski definition) is 1. The summed E-state index contributed by atoms with van der Waals surface area (Å²) in [4.78, 5) is 7.30. The Kier molecular flexibility index (Phi) is 5.03. The molecular formula is C28H27N3. The molecule has 1 N–H and O–H groups in total. The summed E-state index contributed by atoms with van der Waals surface area (Å²) in [7, 11) is 2.02. The molecule has 0 spiro atoms. The van der Waals surface area contributed by atoms with E-state index in [-0.39, 0.29) is 0 Å². The predicted octanol–water partition coefficient (Wildman–Crippen LogP) is 6.95. The number of nitrogens with zero attached hydrogens (tertiary/aromatic N) is 2. The van der Waals surface area contributed by atoms with Crippen LogP contribution in [0.3, 0.4) is 0 Å².